The van der Waals surface area contributed by atoms with Crippen molar-refractivity contribution < 1.29 is 32.3 Å². The lowest BCUT2D eigenvalue weighted by Crippen LogP contribution is -2.43. The molecule has 1 atom stereocenters. The zero-order valence-electron chi connectivity index (χ0n) is 21.2. The molecule has 5 rings (SSSR count). The monoisotopic (exact) mass is 547 g/mol. The van der Waals surface area contributed by atoms with Crippen LogP contribution in [-0.2, 0) is 6.54 Å². The molecule has 0 radical (unpaired) electrons. The molecule has 3 aromatic rings. The number of hydrogen-bond donors (Lipinski definition) is 0. The van der Waals surface area contributed by atoms with Crippen molar-refractivity contribution in [3.63, 3.8) is 0 Å². The fourth-order valence-corrected chi connectivity index (χ4v) is 4.88. The maximum atomic E-state index is 12.4. The Hall–Kier alpha value is -4.16. The fourth-order valence-electron chi connectivity index (χ4n) is 4.88. The summed E-state index contributed by atoms with van der Waals surface area (Å²) in [4.78, 5) is 18.7. The van der Waals surface area contributed by atoms with Gasteiger partial charge >= 0.3 is 18.2 Å². The highest BCUT2D eigenvalue weighted by Gasteiger charge is 2.31. The van der Waals surface area contributed by atoms with Crippen molar-refractivity contribution in [3.8, 4) is 17.5 Å². The number of nitrogens with zero attached hydrogens (tertiary/aromatic N) is 5. The first-order valence-corrected chi connectivity index (χ1v) is 12.6. The molecule has 0 aliphatic carbocycles. The number of benzene rings is 2. The molecule has 1 fully saturated rings. The van der Waals surface area contributed by atoms with E-state index in [-0.39, 0.29) is 23.7 Å². The number of aromatic nitrogens is 2. The van der Waals surface area contributed by atoms with Crippen LogP contribution < -0.4 is 24.0 Å². The van der Waals surface area contributed by atoms with E-state index in [1.165, 1.54) is 18.3 Å². The lowest BCUT2D eigenvalue weighted by atomic mass is 10.0. The van der Waals surface area contributed by atoms with Crippen LogP contribution >= 0.6 is 0 Å². The highest BCUT2D eigenvalue weighted by molar-refractivity contribution is 5.52. The van der Waals surface area contributed by atoms with Crippen molar-refractivity contribution in [1.82, 2.24) is 9.55 Å². The summed E-state index contributed by atoms with van der Waals surface area (Å²) in [6.07, 6.45) is -1.10. The number of fused-ring (bicyclic) bond motifs is 1. The van der Waals surface area contributed by atoms with Gasteiger partial charge in [-0.2, -0.15) is 0 Å². The highest BCUT2D eigenvalue weighted by atomic mass is 19.4. The normalized spacial score (nSPS) is 17.7. The van der Waals surface area contributed by atoms with Crippen LogP contribution in [-0.4, -0.2) is 59.7 Å². The molecule has 208 valence electrons. The van der Waals surface area contributed by atoms with E-state index in [2.05, 4.69) is 26.6 Å². The average molecular weight is 548 g/mol. The zero-order valence-corrected chi connectivity index (χ0v) is 21.2. The van der Waals surface area contributed by atoms with Gasteiger partial charge in [0, 0.05) is 55.5 Å². The molecule has 3 heterocycles. The van der Waals surface area contributed by atoms with Gasteiger partial charge in [0.2, 0.25) is 0 Å². The zero-order chi connectivity index (χ0) is 27.6. The summed E-state index contributed by atoms with van der Waals surface area (Å²) in [7, 11) is 2.05. The Morgan fingerprint density at radius 2 is 1.72 bits per heavy atom. The molecule has 0 bridgehead atoms. The van der Waals surface area contributed by atoms with E-state index in [9.17, 15) is 23.3 Å². The fraction of sp³-hybridized carbons (Fsp3) is 0.423. The number of imidazole rings is 1. The second-order valence-corrected chi connectivity index (χ2v) is 9.54. The first kappa shape index (κ1) is 26.4. The topological polar surface area (TPSA) is 95.1 Å². The van der Waals surface area contributed by atoms with Crippen molar-refractivity contribution in [2.45, 2.75) is 44.3 Å². The third-order valence-corrected chi connectivity index (χ3v) is 7.01. The molecule has 1 aromatic heterocycles. The van der Waals surface area contributed by atoms with Crippen LogP contribution in [0.5, 0.6) is 17.5 Å². The van der Waals surface area contributed by atoms with E-state index >= 15 is 0 Å². The van der Waals surface area contributed by atoms with Gasteiger partial charge in [0.25, 0.3) is 0 Å². The predicted molar refractivity (Wildman–Crippen MR) is 137 cm³/mol. The first-order valence-electron chi connectivity index (χ1n) is 12.6. The van der Waals surface area contributed by atoms with Crippen molar-refractivity contribution >= 4 is 17.2 Å². The van der Waals surface area contributed by atoms with E-state index in [1.807, 2.05) is 24.3 Å². The quantitative estimate of drug-likeness (QED) is 0.287. The summed E-state index contributed by atoms with van der Waals surface area (Å²) in [5.41, 5.74) is 1.92. The Balaban J connectivity index is 1.09. The Kier molecular flexibility index (Phi) is 7.40. The molecule has 1 saturated heterocycles. The van der Waals surface area contributed by atoms with Gasteiger partial charge in [-0.05, 0) is 66.3 Å². The average Bonchev–Trinajstić information content (AvgIpc) is 3.36. The van der Waals surface area contributed by atoms with Gasteiger partial charge in [-0.15, -0.1) is 13.2 Å². The van der Waals surface area contributed by atoms with Gasteiger partial charge in [-0.1, -0.05) is 0 Å². The highest BCUT2D eigenvalue weighted by Crippen LogP contribution is 2.30. The summed E-state index contributed by atoms with van der Waals surface area (Å²) in [6.45, 7) is 2.46. The minimum absolute atomic E-state index is 0.224. The molecule has 2 aliphatic rings. The Morgan fingerprint density at radius 3 is 2.36 bits per heavy atom. The second-order valence-electron chi connectivity index (χ2n) is 9.54. The molecule has 13 heteroatoms. The van der Waals surface area contributed by atoms with Gasteiger partial charge in [0.05, 0.1) is 0 Å². The maximum absolute atomic E-state index is 12.4. The van der Waals surface area contributed by atoms with Crippen LogP contribution in [0, 0.1) is 10.1 Å². The van der Waals surface area contributed by atoms with E-state index < -0.39 is 11.3 Å². The molecule has 0 N–H and O–H groups in total. The lowest BCUT2D eigenvalue weighted by molar-refractivity contribution is -0.389. The number of halogens is 3. The predicted octanol–water partition coefficient (Wildman–Crippen LogP) is 5.03. The number of rotatable bonds is 8. The second kappa shape index (κ2) is 10.9. The number of piperidine rings is 1. The van der Waals surface area contributed by atoms with E-state index in [4.69, 9.17) is 9.47 Å². The number of ether oxygens (including phenoxy) is 3. The van der Waals surface area contributed by atoms with Gasteiger partial charge in [0.15, 0.2) is 0 Å². The smallest absolute Gasteiger partial charge is 0.490 e. The molecular formula is C26H28F3N5O5. The first-order chi connectivity index (χ1) is 18.6. The van der Waals surface area contributed by atoms with Crippen LogP contribution in [0.15, 0.2) is 54.7 Å². The van der Waals surface area contributed by atoms with Crippen molar-refractivity contribution in [1.29, 1.82) is 0 Å². The largest absolute Gasteiger partial charge is 0.573 e. The number of nitro groups is 1. The van der Waals surface area contributed by atoms with Crippen LogP contribution in [0.1, 0.15) is 19.3 Å². The Morgan fingerprint density at radius 1 is 1.05 bits per heavy atom. The van der Waals surface area contributed by atoms with Crippen molar-refractivity contribution in [2.75, 3.05) is 36.5 Å². The summed E-state index contributed by atoms with van der Waals surface area (Å²) in [5, 5.41) is 10.9. The third kappa shape index (κ3) is 6.47. The minimum Gasteiger partial charge on any atom is -0.490 e. The molecule has 0 amide bonds. The number of aryl methyl sites for hydroxylation is 1. The van der Waals surface area contributed by atoms with Crippen molar-refractivity contribution in [3.05, 3.63) is 64.8 Å². The summed E-state index contributed by atoms with van der Waals surface area (Å²) < 4.78 is 54.4. The molecule has 39 heavy (non-hydrogen) atoms. The molecule has 2 aliphatic heterocycles. The van der Waals surface area contributed by atoms with Gasteiger partial charge in [-0.3, -0.25) is 4.57 Å². The molecule has 0 saturated carbocycles. The van der Waals surface area contributed by atoms with Gasteiger partial charge < -0.3 is 34.1 Å². The summed E-state index contributed by atoms with van der Waals surface area (Å²) in [6, 6.07) is 14.3. The van der Waals surface area contributed by atoms with E-state index in [1.54, 1.807) is 16.7 Å². The number of hydrogen-bond acceptors (Lipinski definition) is 8. The molecule has 0 spiro atoms. The third-order valence-electron chi connectivity index (χ3n) is 7.01. The Labute approximate surface area is 222 Å². The molecule has 2 aromatic carbocycles. The lowest BCUT2D eigenvalue weighted by Gasteiger charge is -2.39. The van der Waals surface area contributed by atoms with Gasteiger partial charge in [0.1, 0.15) is 30.4 Å². The van der Waals surface area contributed by atoms with Crippen LogP contribution in [0.2, 0.25) is 0 Å². The van der Waals surface area contributed by atoms with Crippen molar-refractivity contribution in [2.24, 2.45) is 0 Å². The number of alkyl halides is 3. The van der Waals surface area contributed by atoms with Gasteiger partial charge in [-0.25, -0.2) is 0 Å². The number of anilines is 2. The summed E-state index contributed by atoms with van der Waals surface area (Å²) in [5.74, 6) is 0.243. The van der Waals surface area contributed by atoms with Crippen LogP contribution in [0.4, 0.5) is 30.4 Å². The maximum Gasteiger partial charge on any atom is 0.573 e. The molecule has 10 nitrogen and oxygen atoms in total. The van der Waals surface area contributed by atoms with E-state index in [0.29, 0.717) is 31.4 Å². The Bertz CT molecular complexity index is 1270. The summed E-state index contributed by atoms with van der Waals surface area (Å²) >= 11 is 0. The minimum atomic E-state index is -4.70. The standard InChI is InChI=1S/C26H28F3N5O5/c1-31(19-10-13-32(14-11-19)20-4-8-22(9-5-20)39-26(27,28)29)18-2-6-21(7-3-18)37-17-23-12-15-33-16-24(34(35)36)30-25(33)38-23/h2-9,16,19,23H,10-15,17H2,1H3. The van der Waals surface area contributed by atoms with Crippen LogP contribution in [0.25, 0.3) is 0 Å². The van der Waals surface area contributed by atoms with E-state index in [0.717, 1.165) is 37.3 Å². The SMILES string of the molecule is CN(c1ccc(OCC2CCn3cc([N+](=O)[O-])nc3O2)cc1)C1CCN(c2ccc(OC(F)(F)F)cc2)CC1. The molecular weight excluding hydrogens is 519 g/mol. The molecule has 1 unspecified atom stereocenters. The van der Waals surface area contributed by atoms with Crippen LogP contribution in [0.3, 0.4) is 0 Å².